The molecule has 0 aliphatic carbocycles. The van der Waals surface area contributed by atoms with E-state index in [0.717, 1.165) is 32.8 Å². The Morgan fingerprint density at radius 3 is 2.44 bits per heavy atom. The van der Waals surface area contributed by atoms with E-state index in [1.165, 1.54) is 0 Å². The fourth-order valence-electron chi connectivity index (χ4n) is 4.06. The number of para-hydroxylation sites is 1. The molecule has 0 saturated carbocycles. The van der Waals surface area contributed by atoms with Gasteiger partial charge in [0.1, 0.15) is 0 Å². The van der Waals surface area contributed by atoms with E-state index in [1.54, 1.807) is 12.1 Å². The molecule has 0 bridgehead atoms. The van der Waals surface area contributed by atoms with E-state index in [2.05, 4.69) is 34.5 Å². The average molecular weight is 419 g/mol. The number of benzene rings is 4. The van der Waals surface area contributed by atoms with Crippen LogP contribution >= 0.6 is 0 Å². The highest BCUT2D eigenvalue weighted by atomic mass is 16.3. The van der Waals surface area contributed by atoms with Crippen LogP contribution in [0.2, 0.25) is 0 Å². The van der Waals surface area contributed by atoms with Gasteiger partial charge in [-0.05, 0) is 41.5 Å². The first-order chi connectivity index (χ1) is 15.6. The Bertz CT molecular complexity index is 1490. The number of aromatic nitrogens is 1. The summed E-state index contributed by atoms with van der Waals surface area (Å²) in [7, 11) is 0. The highest BCUT2D eigenvalue weighted by Gasteiger charge is 2.18. The van der Waals surface area contributed by atoms with Crippen molar-refractivity contribution in [2.75, 3.05) is 0 Å². The Labute approximate surface area is 185 Å². The van der Waals surface area contributed by atoms with Crippen molar-refractivity contribution in [3.8, 4) is 5.88 Å². The van der Waals surface area contributed by atoms with Crippen LogP contribution in [0.25, 0.3) is 21.7 Å². The van der Waals surface area contributed by atoms with Crippen molar-refractivity contribution in [1.82, 2.24) is 4.57 Å². The molecule has 32 heavy (non-hydrogen) atoms. The van der Waals surface area contributed by atoms with Crippen LogP contribution in [0.15, 0.2) is 101 Å². The van der Waals surface area contributed by atoms with Crippen LogP contribution in [0.4, 0.5) is 5.69 Å². The van der Waals surface area contributed by atoms with Gasteiger partial charge in [-0.15, -0.1) is 10.2 Å². The maximum absolute atomic E-state index is 12.5. The van der Waals surface area contributed by atoms with Crippen LogP contribution in [0.5, 0.6) is 5.88 Å². The van der Waals surface area contributed by atoms with E-state index in [1.807, 2.05) is 66.1 Å². The molecule has 5 nitrogen and oxygen atoms in total. The zero-order chi connectivity index (χ0) is 22.1. The maximum atomic E-state index is 12.5. The summed E-state index contributed by atoms with van der Waals surface area (Å²) in [5.74, 6) is -0.459. The second-order valence-electron chi connectivity index (χ2n) is 7.79. The number of amides is 1. The second kappa shape index (κ2) is 8.12. The summed E-state index contributed by atoms with van der Waals surface area (Å²) in [5, 5.41) is 22.2. The van der Waals surface area contributed by atoms with Gasteiger partial charge >= 0.3 is 0 Å². The van der Waals surface area contributed by atoms with E-state index < -0.39 is 5.91 Å². The smallest absolute Gasteiger partial charge is 0.295 e. The minimum atomic E-state index is -0.445. The zero-order valence-electron chi connectivity index (χ0n) is 17.6. The first kappa shape index (κ1) is 19.7. The highest BCUT2D eigenvalue weighted by molar-refractivity contribution is 5.97. The lowest BCUT2D eigenvalue weighted by atomic mass is 10.0. The Balaban J connectivity index is 1.57. The Hall–Kier alpha value is -4.25. The molecule has 0 atom stereocenters. The van der Waals surface area contributed by atoms with Crippen molar-refractivity contribution in [2.45, 2.75) is 13.5 Å². The minimum Gasteiger partial charge on any atom is -0.493 e. The van der Waals surface area contributed by atoms with Gasteiger partial charge in [-0.2, -0.15) is 0 Å². The van der Waals surface area contributed by atoms with E-state index in [-0.39, 0.29) is 5.88 Å². The summed E-state index contributed by atoms with van der Waals surface area (Å²) in [4.78, 5) is 12.5. The topological polar surface area (TPSA) is 66.9 Å². The number of aromatic hydroxyl groups is 1. The van der Waals surface area contributed by atoms with Gasteiger partial charge in [-0.3, -0.25) is 4.79 Å². The van der Waals surface area contributed by atoms with Crippen LogP contribution in [-0.4, -0.2) is 15.6 Å². The predicted octanol–water partition coefficient (Wildman–Crippen LogP) is 6.78. The molecule has 0 fully saturated rings. The molecule has 0 unspecified atom stereocenters. The van der Waals surface area contributed by atoms with Gasteiger partial charge < -0.3 is 9.67 Å². The van der Waals surface area contributed by atoms with Crippen molar-refractivity contribution in [2.24, 2.45) is 10.2 Å². The van der Waals surface area contributed by atoms with Crippen molar-refractivity contribution in [3.63, 3.8) is 0 Å². The largest absolute Gasteiger partial charge is 0.493 e. The van der Waals surface area contributed by atoms with Crippen molar-refractivity contribution >= 4 is 33.3 Å². The lowest BCUT2D eigenvalue weighted by Gasteiger charge is -2.10. The summed E-state index contributed by atoms with van der Waals surface area (Å²) in [6.45, 7) is 2.38. The number of azo groups is 1. The second-order valence-corrected chi connectivity index (χ2v) is 7.79. The van der Waals surface area contributed by atoms with E-state index in [0.29, 0.717) is 17.8 Å². The molecule has 0 aliphatic heterocycles. The number of fused-ring (bicyclic) bond motifs is 2. The third-order valence-electron chi connectivity index (χ3n) is 5.63. The Morgan fingerprint density at radius 2 is 1.59 bits per heavy atom. The molecule has 5 rings (SSSR count). The molecule has 0 radical (unpaired) electrons. The predicted molar refractivity (Wildman–Crippen MR) is 127 cm³/mol. The van der Waals surface area contributed by atoms with E-state index >= 15 is 0 Å². The summed E-state index contributed by atoms with van der Waals surface area (Å²) in [6, 6.07) is 29.1. The van der Waals surface area contributed by atoms with Crippen molar-refractivity contribution in [3.05, 3.63) is 108 Å². The van der Waals surface area contributed by atoms with Gasteiger partial charge in [0.2, 0.25) is 5.88 Å². The number of aryl methyl sites for hydroxylation is 1. The van der Waals surface area contributed by atoms with Crippen LogP contribution in [0, 0.1) is 6.92 Å². The summed E-state index contributed by atoms with van der Waals surface area (Å²) in [6.07, 6.45) is 0. The fraction of sp³-hybridized carbons (Fsp3) is 0.0741. The Morgan fingerprint density at radius 1 is 0.875 bits per heavy atom. The number of rotatable bonds is 4. The number of hydrogen-bond donors (Lipinski definition) is 1. The van der Waals surface area contributed by atoms with E-state index in [9.17, 15) is 9.90 Å². The lowest BCUT2D eigenvalue weighted by Crippen LogP contribution is -1.99. The van der Waals surface area contributed by atoms with Gasteiger partial charge in [0.15, 0.2) is 5.69 Å². The third kappa shape index (κ3) is 3.54. The molecule has 1 aromatic heterocycles. The molecule has 156 valence electrons. The molecular formula is C27H21N3O2. The number of nitrogens with zero attached hydrogens (tertiary/aromatic N) is 3. The van der Waals surface area contributed by atoms with Crippen molar-refractivity contribution < 1.29 is 9.90 Å². The fourth-order valence-corrected chi connectivity index (χ4v) is 4.06. The molecule has 1 amide bonds. The van der Waals surface area contributed by atoms with Crippen LogP contribution in [0.1, 0.15) is 21.5 Å². The Kier molecular flexibility index (Phi) is 5.00. The van der Waals surface area contributed by atoms with Crippen LogP contribution < -0.4 is 0 Å². The minimum absolute atomic E-state index is 0.0140. The normalized spacial score (nSPS) is 11.5. The molecule has 1 heterocycles. The summed E-state index contributed by atoms with van der Waals surface area (Å²) in [5.41, 5.74) is 3.64. The lowest BCUT2D eigenvalue weighted by molar-refractivity contribution is 0.0995. The van der Waals surface area contributed by atoms with Crippen LogP contribution in [-0.2, 0) is 6.54 Å². The van der Waals surface area contributed by atoms with Gasteiger partial charge in [-0.1, -0.05) is 78.4 Å². The monoisotopic (exact) mass is 419 g/mol. The van der Waals surface area contributed by atoms with Gasteiger partial charge in [0, 0.05) is 10.9 Å². The standard InChI is InChI=1S/C27H21N3O2/c1-18-8-6-11-20(16-18)26(31)29-28-25-23-14-4-5-15-24(23)30(27(25)32)17-21-12-7-10-19-9-2-3-13-22(19)21/h2-16,32H,17H2,1H3. The van der Waals surface area contributed by atoms with Crippen molar-refractivity contribution in [1.29, 1.82) is 0 Å². The zero-order valence-corrected chi connectivity index (χ0v) is 17.6. The number of carbonyl (C=O) groups excluding carboxylic acids is 1. The maximum Gasteiger partial charge on any atom is 0.295 e. The van der Waals surface area contributed by atoms with Crippen LogP contribution in [0.3, 0.4) is 0 Å². The molecule has 0 aliphatic rings. The molecule has 5 aromatic rings. The SMILES string of the molecule is Cc1cccc(C(=O)N=Nc2c(O)n(Cc3cccc4ccccc34)c3ccccc23)c1. The highest BCUT2D eigenvalue weighted by Crippen LogP contribution is 2.39. The molecule has 1 N–H and O–H groups in total. The summed E-state index contributed by atoms with van der Waals surface area (Å²) >= 11 is 0. The third-order valence-corrected chi connectivity index (χ3v) is 5.63. The van der Waals surface area contributed by atoms with E-state index in [4.69, 9.17) is 0 Å². The van der Waals surface area contributed by atoms with Gasteiger partial charge in [0.05, 0.1) is 12.1 Å². The number of hydrogen-bond acceptors (Lipinski definition) is 3. The quantitative estimate of drug-likeness (QED) is 0.326. The molecule has 4 aromatic carbocycles. The molecule has 0 spiro atoms. The van der Waals surface area contributed by atoms with Gasteiger partial charge in [0.25, 0.3) is 5.91 Å². The number of carbonyl (C=O) groups is 1. The first-order valence-corrected chi connectivity index (χ1v) is 10.4. The first-order valence-electron chi connectivity index (χ1n) is 10.4. The summed E-state index contributed by atoms with van der Waals surface area (Å²) < 4.78 is 1.81. The molecule has 5 heteroatoms. The molecular weight excluding hydrogens is 398 g/mol. The average Bonchev–Trinajstić information content (AvgIpc) is 3.08. The molecule has 0 saturated heterocycles. The van der Waals surface area contributed by atoms with Gasteiger partial charge in [-0.25, -0.2) is 0 Å².